The maximum Gasteiger partial charge on any atom is 0.254 e. The number of fused-ring (bicyclic) bond motifs is 1. The van der Waals surface area contributed by atoms with Crippen molar-refractivity contribution in [3.8, 4) is 11.5 Å². The molecule has 8 heteroatoms. The Morgan fingerprint density at radius 3 is 2.52 bits per heavy atom. The second kappa shape index (κ2) is 7.46. The summed E-state index contributed by atoms with van der Waals surface area (Å²) in [4.78, 5) is 40.3. The van der Waals surface area contributed by atoms with Gasteiger partial charge in [-0.15, -0.1) is 0 Å². The molecule has 3 aliphatic heterocycles. The molecule has 1 atom stereocenters. The number of amides is 3. The van der Waals surface area contributed by atoms with Crippen molar-refractivity contribution in [2.24, 2.45) is 0 Å². The van der Waals surface area contributed by atoms with Gasteiger partial charge < -0.3 is 24.6 Å². The molecule has 1 N–H and O–H groups in total. The van der Waals surface area contributed by atoms with Crippen LogP contribution in [-0.2, 0) is 9.59 Å². The number of ether oxygens (including phenoxy) is 2. The summed E-state index contributed by atoms with van der Waals surface area (Å²) >= 11 is 0. The van der Waals surface area contributed by atoms with Gasteiger partial charge >= 0.3 is 0 Å². The highest BCUT2D eigenvalue weighted by molar-refractivity contribution is 5.95. The molecule has 0 bridgehead atoms. The van der Waals surface area contributed by atoms with Crippen LogP contribution in [0, 0.1) is 0 Å². The van der Waals surface area contributed by atoms with Crippen molar-refractivity contribution >= 4 is 17.7 Å². The van der Waals surface area contributed by atoms with E-state index in [1.54, 1.807) is 28.0 Å². The normalized spacial score (nSPS) is 22.2. The second-order valence-electron chi connectivity index (χ2n) is 6.99. The third-order valence-electron chi connectivity index (χ3n) is 5.18. The van der Waals surface area contributed by atoms with Gasteiger partial charge in [0.2, 0.25) is 11.8 Å². The maximum absolute atomic E-state index is 12.9. The Morgan fingerprint density at radius 1 is 1.00 bits per heavy atom. The van der Waals surface area contributed by atoms with Crippen molar-refractivity contribution in [3.05, 3.63) is 23.8 Å². The van der Waals surface area contributed by atoms with Gasteiger partial charge in [0, 0.05) is 38.2 Å². The summed E-state index contributed by atoms with van der Waals surface area (Å²) in [6, 6.07) is 4.81. The summed E-state index contributed by atoms with van der Waals surface area (Å²) in [5.74, 6) is 1.06. The van der Waals surface area contributed by atoms with Gasteiger partial charge in [0.25, 0.3) is 5.91 Å². The Labute approximate surface area is 157 Å². The van der Waals surface area contributed by atoms with Crippen LogP contribution >= 0.6 is 0 Å². The summed E-state index contributed by atoms with van der Waals surface area (Å²) in [5.41, 5.74) is 0.557. The molecule has 0 spiro atoms. The second-order valence-corrected chi connectivity index (χ2v) is 6.99. The number of carbonyl (C=O) groups excluding carboxylic acids is 3. The fourth-order valence-corrected chi connectivity index (χ4v) is 3.72. The van der Waals surface area contributed by atoms with Gasteiger partial charge in [-0.25, -0.2) is 0 Å². The van der Waals surface area contributed by atoms with E-state index in [1.165, 1.54) is 0 Å². The molecular formula is C19H23N3O5. The number of carbonyl (C=O) groups is 3. The highest BCUT2D eigenvalue weighted by Crippen LogP contribution is 2.31. The van der Waals surface area contributed by atoms with Crippen LogP contribution in [0.5, 0.6) is 11.5 Å². The smallest absolute Gasteiger partial charge is 0.254 e. The maximum atomic E-state index is 12.9. The van der Waals surface area contributed by atoms with Crippen LogP contribution in [0.15, 0.2) is 18.2 Å². The van der Waals surface area contributed by atoms with Crippen LogP contribution in [0.2, 0.25) is 0 Å². The first-order valence-electron chi connectivity index (χ1n) is 9.39. The molecule has 1 aromatic rings. The summed E-state index contributed by atoms with van der Waals surface area (Å²) in [7, 11) is 0. The van der Waals surface area contributed by atoms with E-state index in [0.717, 1.165) is 0 Å². The van der Waals surface area contributed by atoms with Crippen molar-refractivity contribution < 1.29 is 23.9 Å². The average Bonchev–Trinajstić information content (AvgIpc) is 2.98. The Balaban J connectivity index is 1.39. The number of benzene rings is 1. The molecule has 27 heavy (non-hydrogen) atoms. The van der Waals surface area contributed by atoms with E-state index in [2.05, 4.69) is 5.32 Å². The van der Waals surface area contributed by atoms with E-state index in [1.807, 2.05) is 0 Å². The lowest BCUT2D eigenvalue weighted by molar-refractivity contribution is -0.134. The van der Waals surface area contributed by atoms with E-state index in [9.17, 15) is 14.4 Å². The lowest BCUT2D eigenvalue weighted by atomic mass is 10.1. The fraction of sp³-hybridized carbons (Fsp3) is 0.526. The molecule has 0 saturated carbocycles. The molecule has 2 fully saturated rings. The van der Waals surface area contributed by atoms with Crippen molar-refractivity contribution in [2.75, 3.05) is 39.4 Å². The summed E-state index contributed by atoms with van der Waals surface area (Å²) in [5, 5.41) is 2.72. The molecule has 3 aliphatic rings. The van der Waals surface area contributed by atoms with Gasteiger partial charge in [-0.1, -0.05) is 0 Å². The molecule has 0 aromatic heterocycles. The minimum absolute atomic E-state index is 0.0468. The van der Waals surface area contributed by atoms with Gasteiger partial charge in [-0.05, 0) is 31.0 Å². The predicted molar refractivity (Wildman–Crippen MR) is 95.7 cm³/mol. The molecule has 2 saturated heterocycles. The molecule has 3 amide bonds. The molecule has 3 heterocycles. The third kappa shape index (κ3) is 3.70. The van der Waals surface area contributed by atoms with Crippen molar-refractivity contribution in [1.82, 2.24) is 15.1 Å². The van der Waals surface area contributed by atoms with Crippen molar-refractivity contribution in [2.45, 2.75) is 25.3 Å². The number of nitrogens with one attached hydrogen (secondary N) is 1. The van der Waals surface area contributed by atoms with Gasteiger partial charge in [0.05, 0.1) is 0 Å². The van der Waals surface area contributed by atoms with Gasteiger partial charge in [0.15, 0.2) is 11.5 Å². The molecule has 4 rings (SSSR count). The summed E-state index contributed by atoms with van der Waals surface area (Å²) in [6.07, 6.45) is 1.66. The highest BCUT2D eigenvalue weighted by atomic mass is 16.6. The van der Waals surface area contributed by atoms with Gasteiger partial charge in [-0.2, -0.15) is 0 Å². The lowest BCUT2D eigenvalue weighted by Gasteiger charge is -2.25. The molecule has 1 unspecified atom stereocenters. The van der Waals surface area contributed by atoms with Crippen LogP contribution < -0.4 is 14.8 Å². The van der Waals surface area contributed by atoms with Crippen LogP contribution in [0.25, 0.3) is 0 Å². The van der Waals surface area contributed by atoms with Crippen LogP contribution in [0.3, 0.4) is 0 Å². The van der Waals surface area contributed by atoms with Crippen LogP contribution in [0.1, 0.15) is 29.6 Å². The van der Waals surface area contributed by atoms with E-state index < -0.39 is 6.04 Å². The van der Waals surface area contributed by atoms with Crippen molar-refractivity contribution in [1.29, 1.82) is 0 Å². The molecule has 144 valence electrons. The lowest BCUT2D eigenvalue weighted by Crippen LogP contribution is -2.46. The zero-order chi connectivity index (χ0) is 18.8. The summed E-state index contributed by atoms with van der Waals surface area (Å²) < 4.78 is 11.1. The average molecular weight is 373 g/mol. The van der Waals surface area contributed by atoms with Crippen LogP contribution in [-0.4, -0.2) is 73.0 Å². The quantitative estimate of drug-likeness (QED) is 0.811. The zero-order valence-electron chi connectivity index (χ0n) is 15.1. The zero-order valence-corrected chi connectivity index (χ0v) is 15.1. The van der Waals surface area contributed by atoms with Crippen LogP contribution in [0.4, 0.5) is 0 Å². The predicted octanol–water partition coefficient (Wildman–Crippen LogP) is 0.411. The first-order chi connectivity index (χ1) is 13.1. The third-order valence-corrected chi connectivity index (χ3v) is 5.18. The minimum atomic E-state index is -0.419. The van der Waals surface area contributed by atoms with E-state index in [4.69, 9.17) is 9.47 Å². The fourth-order valence-electron chi connectivity index (χ4n) is 3.72. The Bertz CT molecular complexity index is 766. The Kier molecular flexibility index (Phi) is 4.87. The van der Waals surface area contributed by atoms with Gasteiger partial charge in [-0.3, -0.25) is 14.4 Å². The molecular weight excluding hydrogens is 350 g/mol. The first-order valence-corrected chi connectivity index (χ1v) is 9.39. The Hall–Kier alpha value is -2.77. The monoisotopic (exact) mass is 373 g/mol. The van der Waals surface area contributed by atoms with E-state index in [0.29, 0.717) is 75.7 Å². The molecule has 1 aromatic carbocycles. The topological polar surface area (TPSA) is 88.2 Å². The first kappa shape index (κ1) is 17.6. The number of nitrogens with zero attached hydrogens (tertiary/aromatic N) is 2. The highest BCUT2D eigenvalue weighted by Gasteiger charge is 2.32. The van der Waals surface area contributed by atoms with Crippen molar-refractivity contribution in [3.63, 3.8) is 0 Å². The number of rotatable bonds is 2. The standard InChI is InChI=1S/C19H23N3O5/c23-17-5-3-14(20-17)19(25)22-7-1-6-21(8-9-22)18(24)13-2-4-15-16(12-13)27-11-10-26-15/h2,4,12,14H,1,3,5-11H2,(H,20,23). The molecule has 8 nitrogen and oxygen atoms in total. The number of hydrogen-bond acceptors (Lipinski definition) is 5. The van der Waals surface area contributed by atoms with Gasteiger partial charge in [0.1, 0.15) is 19.3 Å². The summed E-state index contributed by atoms with van der Waals surface area (Å²) in [6.45, 7) is 3.12. The SMILES string of the molecule is O=C1CCC(C(=O)N2CCCN(C(=O)c3ccc4c(c3)OCCO4)CC2)N1. The Morgan fingerprint density at radius 2 is 1.74 bits per heavy atom. The molecule has 0 radical (unpaired) electrons. The van der Waals surface area contributed by atoms with E-state index in [-0.39, 0.29) is 17.7 Å². The van der Waals surface area contributed by atoms with E-state index >= 15 is 0 Å². The molecule has 0 aliphatic carbocycles. The number of hydrogen-bond donors (Lipinski definition) is 1. The largest absolute Gasteiger partial charge is 0.486 e. The minimum Gasteiger partial charge on any atom is -0.486 e.